The maximum absolute atomic E-state index is 3.16. The van der Waals surface area contributed by atoms with Crippen LogP contribution in [0.4, 0.5) is 0 Å². The predicted octanol–water partition coefficient (Wildman–Crippen LogP) is 2.48. The van der Waals surface area contributed by atoms with Gasteiger partial charge in [-0.3, -0.25) is 0 Å². The Kier molecular flexibility index (Phi) is 3.13. The van der Waals surface area contributed by atoms with Crippen LogP contribution in [0.5, 0.6) is 0 Å². The van der Waals surface area contributed by atoms with Gasteiger partial charge in [-0.05, 0) is 0 Å². The molecule has 0 fully saturated rings. The number of aryl methyl sites for hydroxylation is 2. The molecule has 0 radical (unpaired) electrons. The Labute approximate surface area is 97.9 Å². The number of fused-ring (bicyclic) bond motifs is 1. The molecule has 2 rings (SSSR count). The second-order valence-electron chi connectivity index (χ2n) is 3.84. The van der Waals surface area contributed by atoms with Gasteiger partial charge in [0.25, 0.3) is 0 Å². The van der Waals surface area contributed by atoms with E-state index in [4.69, 9.17) is 0 Å². The molecule has 1 aromatic heterocycles. The summed E-state index contributed by atoms with van der Waals surface area (Å²) >= 11 is 3.16. The Balaban J connectivity index is 2.62. The van der Waals surface area contributed by atoms with E-state index in [0.717, 1.165) is 6.54 Å². The fourth-order valence-corrected chi connectivity index (χ4v) is 2.50. The summed E-state index contributed by atoms with van der Waals surface area (Å²) in [7, 11) is 2.11. The minimum atomic E-state index is 1.10. The molecule has 0 bridgehead atoms. The van der Waals surface area contributed by atoms with E-state index in [9.17, 15) is 0 Å². The third-order valence-corrected chi connectivity index (χ3v) is 3.82. The fraction of sp³-hybridized carbons (Fsp3) is 0.417. The number of hydrogen-bond donors (Lipinski definition) is 0. The maximum atomic E-state index is 3.16. The van der Waals surface area contributed by atoms with Crippen LogP contribution in [0.3, 0.4) is 0 Å². The quantitative estimate of drug-likeness (QED) is 0.756. The molecule has 0 unspecified atom stereocenters. The average molecular weight is 267 g/mol. The van der Waals surface area contributed by atoms with Gasteiger partial charge >= 0.3 is 97.7 Å². The summed E-state index contributed by atoms with van der Waals surface area (Å²) in [6.07, 6.45) is 2.46. The first-order chi connectivity index (χ1) is 7.25. The number of imidazole rings is 1. The van der Waals surface area contributed by atoms with Gasteiger partial charge in [-0.15, -0.1) is 0 Å². The van der Waals surface area contributed by atoms with Gasteiger partial charge in [-0.2, -0.15) is 0 Å². The summed E-state index contributed by atoms with van der Waals surface area (Å²) in [6, 6.07) is 8.54. The number of para-hydroxylation sites is 2. The van der Waals surface area contributed by atoms with Crippen molar-refractivity contribution in [2.75, 3.05) is 0 Å². The molecule has 0 amide bonds. The number of nitrogens with zero attached hydrogens (tertiary/aromatic N) is 2. The van der Waals surface area contributed by atoms with E-state index in [0.29, 0.717) is 0 Å². The molecule has 3 heteroatoms. The zero-order valence-electron chi connectivity index (χ0n) is 9.23. The summed E-state index contributed by atoms with van der Waals surface area (Å²) in [4.78, 5) is 0. The minimum absolute atomic E-state index is 1.10. The van der Waals surface area contributed by atoms with Crippen LogP contribution in [0, 0.1) is 4.32 Å². The third-order valence-electron chi connectivity index (χ3n) is 2.79. The molecule has 0 aliphatic rings. The van der Waals surface area contributed by atoms with Crippen LogP contribution in [0.2, 0.25) is 0 Å². The second kappa shape index (κ2) is 4.38. The van der Waals surface area contributed by atoms with E-state index >= 15 is 0 Å². The van der Waals surface area contributed by atoms with Crippen molar-refractivity contribution in [3.8, 4) is 0 Å². The van der Waals surface area contributed by atoms with Gasteiger partial charge in [0.05, 0.1) is 0 Å². The molecule has 1 aromatic carbocycles. The van der Waals surface area contributed by atoms with Gasteiger partial charge < -0.3 is 0 Å². The number of rotatable bonds is 3. The molecule has 0 aliphatic heterocycles. The van der Waals surface area contributed by atoms with Crippen LogP contribution in [0.1, 0.15) is 19.8 Å². The molecule has 2 aromatic rings. The first-order valence-corrected chi connectivity index (χ1v) is 6.25. The van der Waals surface area contributed by atoms with Gasteiger partial charge in [0.15, 0.2) is 0 Å². The molecule has 0 saturated carbocycles. The van der Waals surface area contributed by atoms with E-state index in [1.54, 1.807) is 0 Å². The molecular weight excluding hydrogens is 251 g/mol. The summed E-state index contributed by atoms with van der Waals surface area (Å²) in [5, 5.41) is 0. The van der Waals surface area contributed by atoms with Crippen LogP contribution < -0.4 is 0 Å². The molecule has 0 atom stereocenters. The molecule has 15 heavy (non-hydrogen) atoms. The Morgan fingerprint density at radius 2 is 1.87 bits per heavy atom. The van der Waals surface area contributed by atoms with Crippen LogP contribution in [0.25, 0.3) is 11.0 Å². The van der Waals surface area contributed by atoms with Crippen molar-refractivity contribution in [2.45, 2.75) is 26.3 Å². The van der Waals surface area contributed by atoms with E-state index < -0.39 is 0 Å². The third kappa shape index (κ3) is 1.82. The van der Waals surface area contributed by atoms with E-state index in [-0.39, 0.29) is 0 Å². The number of aromatic nitrogens is 2. The van der Waals surface area contributed by atoms with E-state index in [2.05, 4.69) is 62.9 Å². The normalized spacial score (nSPS) is 11.1. The molecule has 0 spiro atoms. The summed E-state index contributed by atoms with van der Waals surface area (Å²) in [5.41, 5.74) is 2.62. The standard InChI is InChI=1S/C12H16N2Se/c1-3-4-9-14-11-8-6-5-7-10(11)13(2)12(14)15/h5-8H,3-4,9H2,1-2H3. The first-order valence-electron chi connectivity index (χ1n) is 5.40. The molecule has 1 heterocycles. The van der Waals surface area contributed by atoms with Crippen LogP contribution in [0.15, 0.2) is 24.3 Å². The zero-order valence-corrected chi connectivity index (χ0v) is 10.9. The van der Waals surface area contributed by atoms with Gasteiger partial charge in [0.2, 0.25) is 0 Å². The fourth-order valence-electron chi connectivity index (χ4n) is 1.90. The summed E-state index contributed by atoms with van der Waals surface area (Å²) in [6.45, 7) is 3.32. The zero-order chi connectivity index (χ0) is 10.8. The van der Waals surface area contributed by atoms with Crippen LogP contribution in [-0.4, -0.2) is 24.7 Å². The Morgan fingerprint density at radius 3 is 2.53 bits per heavy atom. The van der Waals surface area contributed by atoms with Gasteiger partial charge in [-0.25, -0.2) is 0 Å². The number of benzene rings is 1. The SMILES string of the molecule is CCCCn1c(=[Se])n(C)c2ccccc21. The predicted molar refractivity (Wildman–Crippen MR) is 64.8 cm³/mol. The van der Waals surface area contributed by atoms with E-state index in [1.165, 1.54) is 28.2 Å². The summed E-state index contributed by atoms with van der Waals surface area (Å²) in [5.74, 6) is 0. The van der Waals surface area contributed by atoms with Crippen molar-refractivity contribution in [1.82, 2.24) is 9.13 Å². The molecule has 80 valence electrons. The van der Waals surface area contributed by atoms with Crippen molar-refractivity contribution in [2.24, 2.45) is 7.05 Å². The van der Waals surface area contributed by atoms with E-state index in [1.807, 2.05) is 0 Å². The molecule has 0 aliphatic carbocycles. The topological polar surface area (TPSA) is 9.86 Å². The number of hydrogen-bond acceptors (Lipinski definition) is 0. The molecule has 0 N–H and O–H groups in total. The van der Waals surface area contributed by atoms with Crippen LogP contribution in [-0.2, 0) is 13.6 Å². The van der Waals surface area contributed by atoms with Crippen molar-refractivity contribution in [1.29, 1.82) is 0 Å². The first kappa shape index (κ1) is 10.7. The van der Waals surface area contributed by atoms with Gasteiger partial charge in [0.1, 0.15) is 0 Å². The molecular formula is C12H16N2Se. The monoisotopic (exact) mass is 268 g/mol. The van der Waals surface area contributed by atoms with Crippen molar-refractivity contribution in [3.63, 3.8) is 0 Å². The molecule has 2 nitrogen and oxygen atoms in total. The van der Waals surface area contributed by atoms with Gasteiger partial charge in [-0.1, -0.05) is 0 Å². The van der Waals surface area contributed by atoms with Gasteiger partial charge in [0, 0.05) is 0 Å². The van der Waals surface area contributed by atoms with Crippen molar-refractivity contribution < 1.29 is 0 Å². The summed E-state index contributed by atoms with van der Waals surface area (Å²) < 4.78 is 5.79. The Hall–Kier alpha value is -0.791. The number of unbranched alkanes of at least 4 members (excludes halogenated alkanes) is 1. The second-order valence-corrected chi connectivity index (χ2v) is 4.60. The van der Waals surface area contributed by atoms with Crippen LogP contribution >= 0.6 is 0 Å². The van der Waals surface area contributed by atoms with Crippen molar-refractivity contribution in [3.05, 3.63) is 28.6 Å². The average Bonchev–Trinajstić information content (AvgIpc) is 2.51. The van der Waals surface area contributed by atoms with Crippen molar-refractivity contribution >= 4 is 26.6 Å². The Bertz CT molecular complexity index is 522. The Morgan fingerprint density at radius 1 is 1.20 bits per heavy atom. The molecule has 0 saturated heterocycles.